The SMILES string of the molecule is C=C(O)CC(=O)N(Cc1ccc(F)cc1)Cc1ccc2ccccc2c1. The maximum atomic E-state index is 13.1. The van der Waals surface area contributed by atoms with Crippen molar-refractivity contribution in [2.45, 2.75) is 19.5 Å². The molecule has 3 nitrogen and oxygen atoms in total. The smallest absolute Gasteiger partial charge is 0.230 e. The van der Waals surface area contributed by atoms with Crippen LogP contribution in [0.5, 0.6) is 0 Å². The molecule has 1 amide bonds. The van der Waals surface area contributed by atoms with E-state index in [-0.39, 0.29) is 23.9 Å². The molecule has 0 saturated heterocycles. The predicted octanol–water partition coefficient (Wildman–Crippen LogP) is 4.97. The van der Waals surface area contributed by atoms with Crippen molar-refractivity contribution >= 4 is 16.7 Å². The first-order chi connectivity index (χ1) is 12.5. The average molecular weight is 349 g/mol. The molecular weight excluding hydrogens is 329 g/mol. The summed E-state index contributed by atoms with van der Waals surface area (Å²) in [5.41, 5.74) is 1.81. The molecule has 26 heavy (non-hydrogen) atoms. The highest BCUT2D eigenvalue weighted by Crippen LogP contribution is 2.19. The van der Waals surface area contributed by atoms with E-state index in [0.29, 0.717) is 13.1 Å². The standard InChI is InChI=1S/C22H20FNO2/c1-16(25)12-22(26)24(14-17-7-10-21(23)11-8-17)15-18-6-9-19-4-2-3-5-20(19)13-18/h2-11,13,25H,1,12,14-15H2. The number of halogens is 1. The maximum absolute atomic E-state index is 13.1. The van der Waals surface area contributed by atoms with Crippen LogP contribution >= 0.6 is 0 Å². The van der Waals surface area contributed by atoms with Gasteiger partial charge in [-0.25, -0.2) is 4.39 Å². The molecule has 0 heterocycles. The molecule has 0 radical (unpaired) electrons. The van der Waals surface area contributed by atoms with Crippen LogP contribution in [0, 0.1) is 5.82 Å². The zero-order valence-electron chi connectivity index (χ0n) is 14.4. The molecule has 0 atom stereocenters. The van der Waals surface area contributed by atoms with Gasteiger partial charge in [0.2, 0.25) is 5.91 Å². The van der Waals surface area contributed by atoms with E-state index in [1.807, 2.05) is 42.5 Å². The number of nitrogens with zero attached hydrogens (tertiary/aromatic N) is 1. The molecule has 132 valence electrons. The first-order valence-corrected chi connectivity index (χ1v) is 8.38. The number of benzene rings is 3. The Morgan fingerprint density at radius 3 is 2.23 bits per heavy atom. The molecular formula is C22H20FNO2. The van der Waals surface area contributed by atoms with Gasteiger partial charge in [0.25, 0.3) is 0 Å². The summed E-state index contributed by atoms with van der Waals surface area (Å²) in [6.45, 7) is 4.13. The van der Waals surface area contributed by atoms with Crippen molar-refractivity contribution < 1.29 is 14.3 Å². The Hall–Kier alpha value is -3.14. The Morgan fingerprint density at radius 2 is 1.54 bits per heavy atom. The van der Waals surface area contributed by atoms with Crippen LogP contribution in [0.15, 0.2) is 79.1 Å². The van der Waals surface area contributed by atoms with Crippen LogP contribution in [0.4, 0.5) is 4.39 Å². The largest absolute Gasteiger partial charge is 0.512 e. The summed E-state index contributed by atoms with van der Waals surface area (Å²) >= 11 is 0. The number of hydrogen-bond acceptors (Lipinski definition) is 2. The van der Waals surface area contributed by atoms with Crippen LogP contribution in [0.2, 0.25) is 0 Å². The molecule has 0 aliphatic heterocycles. The summed E-state index contributed by atoms with van der Waals surface area (Å²) < 4.78 is 13.1. The Morgan fingerprint density at radius 1 is 0.923 bits per heavy atom. The molecule has 3 aromatic rings. The van der Waals surface area contributed by atoms with Gasteiger partial charge < -0.3 is 10.0 Å². The topological polar surface area (TPSA) is 40.5 Å². The lowest BCUT2D eigenvalue weighted by molar-refractivity contribution is -0.132. The minimum atomic E-state index is -0.315. The molecule has 0 unspecified atom stereocenters. The van der Waals surface area contributed by atoms with Crippen molar-refractivity contribution in [2.75, 3.05) is 0 Å². The van der Waals surface area contributed by atoms with Gasteiger partial charge in [-0.2, -0.15) is 0 Å². The van der Waals surface area contributed by atoms with Gasteiger partial charge in [0.1, 0.15) is 5.82 Å². The lowest BCUT2D eigenvalue weighted by Crippen LogP contribution is -2.30. The number of fused-ring (bicyclic) bond motifs is 1. The number of rotatable bonds is 6. The number of carbonyl (C=O) groups excluding carboxylic acids is 1. The number of amides is 1. The zero-order chi connectivity index (χ0) is 18.5. The second-order valence-electron chi connectivity index (χ2n) is 6.30. The van der Waals surface area contributed by atoms with E-state index in [1.54, 1.807) is 17.0 Å². The molecule has 4 heteroatoms. The summed E-state index contributed by atoms with van der Waals surface area (Å²) in [4.78, 5) is 14.2. The molecule has 3 rings (SSSR count). The molecule has 1 N–H and O–H groups in total. The third-order valence-corrected chi connectivity index (χ3v) is 4.18. The molecule has 0 bridgehead atoms. The lowest BCUT2D eigenvalue weighted by Gasteiger charge is -2.23. The number of carbonyl (C=O) groups is 1. The predicted molar refractivity (Wildman–Crippen MR) is 101 cm³/mol. The van der Waals surface area contributed by atoms with Gasteiger partial charge in [0.15, 0.2) is 0 Å². The van der Waals surface area contributed by atoms with E-state index in [9.17, 15) is 14.3 Å². The Bertz CT molecular complexity index is 934. The van der Waals surface area contributed by atoms with E-state index in [0.717, 1.165) is 21.9 Å². The third kappa shape index (κ3) is 4.48. The second-order valence-corrected chi connectivity index (χ2v) is 6.30. The van der Waals surface area contributed by atoms with Gasteiger partial charge in [-0.05, 0) is 40.1 Å². The van der Waals surface area contributed by atoms with Gasteiger partial charge in [0.05, 0.1) is 12.2 Å². The minimum absolute atomic E-state index is 0.130. The molecule has 0 aromatic heterocycles. The molecule has 0 aliphatic carbocycles. The highest BCUT2D eigenvalue weighted by atomic mass is 19.1. The van der Waals surface area contributed by atoms with Crippen LogP contribution in [0.1, 0.15) is 17.5 Å². The van der Waals surface area contributed by atoms with Gasteiger partial charge in [-0.15, -0.1) is 0 Å². The van der Waals surface area contributed by atoms with Crippen LogP contribution in [0.3, 0.4) is 0 Å². The van der Waals surface area contributed by atoms with Gasteiger partial charge >= 0.3 is 0 Å². The van der Waals surface area contributed by atoms with Gasteiger partial charge in [0, 0.05) is 13.1 Å². The molecule has 0 saturated carbocycles. The van der Waals surface area contributed by atoms with Crippen molar-refractivity contribution in [3.05, 3.63) is 96.0 Å². The van der Waals surface area contributed by atoms with E-state index < -0.39 is 0 Å². The second kappa shape index (κ2) is 7.83. The zero-order valence-corrected chi connectivity index (χ0v) is 14.4. The molecule has 0 fully saturated rings. The van der Waals surface area contributed by atoms with Crippen LogP contribution < -0.4 is 0 Å². The molecule has 3 aromatic carbocycles. The monoisotopic (exact) mass is 349 g/mol. The molecule has 0 aliphatic rings. The maximum Gasteiger partial charge on any atom is 0.230 e. The summed E-state index contributed by atoms with van der Waals surface area (Å²) in [6.07, 6.45) is -0.130. The third-order valence-electron chi connectivity index (χ3n) is 4.18. The van der Waals surface area contributed by atoms with Gasteiger partial charge in [-0.3, -0.25) is 4.79 Å². The van der Waals surface area contributed by atoms with Crippen molar-refractivity contribution in [3.63, 3.8) is 0 Å². The fourth-order valence-corrected chi connectivity index (χ4v) is 2.89. The lowest BCUT2D eigenvalue weighted by atomic mass is 10.1. The van der Waals surface area contributed by atoms with Crippen LogP contribution in [0.25, 0.3) is 10.8 Å². The van der Waals surface area contributed by atoms with E-state index in [2.05, 4.69) is 6.58 Å². The Kier molecular flexibility index (Phi) is 5.32. The normalized spacial score (nSPS) is 10.7. The average Bonchev–Trinajstić information content (AvgIpc) is 2.62. The Balaban J connectivity index is 1.84. The van der Waals surface area contributed by atoms with Crippen molar-refractivity contribution in [1.82, 2.24) is 4.90 Å². The number of hydrogen-bond donors (Lipinski definition) is 1. The van der Waals surface area contributed by atoms with Crippen molar-refractivity contribution in [2.24, 2.45) is 0 Å². The quantitative estimate of drug-likeness (QED) is 0.638. The summed E-state index contributed by atoms with van der Waals surface area (Å²) in [7, 11) is 0. The summed E-state index contributed by atoms with van der Waals surface area (Å²) in [5.74, 6) is -0.711. The summed E-state index contributed by atoms with van der Waals surface area (Å²) in [6, 6.07) is 20.1. The van der Waals surface area contributed by atoms with Crippen LogP contribution in [-0.4, -0.2) is 15.9 Å². The highest BCUT2D eigenvalue weighted by Gasteiger charge is 2.16. The number of aliphatic hydroxyl groups excluding tert-OH is 1. The fraction of sp³-hybridized carbons (Fsp3) is 0.136. The minimum Gasteiger partial charge on any atom is -0.512 e. The van der Waals surface area contributed by atoms with Crippen LogP contribution in [-0.2, 0) is 17.9 Å². The summed E-state index contributed by atoms with van der Waals surface area (Å²) in [5, 5.41) is 11.6. The number of aliphatic hydroxyl groups is 1. The first kappa shape index (κ1) is 17.7. The van der Waals surface area contributed by atoms with Crippen molar-refractivity contribution in [1.29, 1.82) is 0 Å². The Labute approximate surface area is 152 Å². The van der Waals surface area contributed by atoms with Gasteiger partial charge in [-0.1, -0.05) is 55.1 Å². The van der Waals surface area contributed by atoms with E-state index in [4.69, 9.17) is 0 Å². The van der Waals surface area contributed by atoms with Crippen molar-refractivity contribution in [3.8, 4) is 0 Å². The highest BCUT2D eigenvalue weighted by molar-refractivity contribution is 5.83. The van der Waals surface area contributed by atoms with E-state index >= 15 is 0 Å². The fourth-order valence-electron chi connectivity index (χ4n) is 2.89. The first-order valence-electron chi connectivity index (χ1n) is 8.38. The van der Waals surface area contributed by atoms with E-state index in [1.165, 1.54) is 12.1 Å². The molecule has 0 spiro atoms.